The van der Waals surface area contributed by atoms with Gasteiger partial charge in [-0.25, -0.2) is 0 Å². The Balaban J connectivity index is 1.70. The lowest BCUT2D eigenvalue weighted by Crippen LogP contribution is -2.48. The van der Waals surface area contributed by atoms with Gasteiger partial charge in [0.15, 0.2) is 6.61 Å². The molecule has 5 nitrogen and oxygen atoms in total. The van der Waals surface area contributed by atoms with Crippen molar-refractivity contribution in [3.8, 4) is 11.5 Å². The standard InChI is InChI=1S/C18H28N2O3/c1-3-4-5-14-22-16-6-8-17(9-7-16)23-15-18(21)20-12-10-19(2)11-13-20/h6-9H,3-5,10-15H2,1-2H3. The minimum atomic E-state index is 0.0537. The fourth-order valence-electron chi connectivity index (χ4n) is 2.47. The first-order valence-corrected chi connectivity index (χ1v) is 8.51. The molecule has 0 spiro atoms. The summed E-state index contributed by atoms with van der Waals surface area (Å²) in [6.07, 6.45) is 3.46. The van der Waals surface area contributed by atoms with Crippen molar-refractivity contribution in [3.63, 3.8) is 0 Å². The third kappa shape index (κ3) is 6.10. The molecule has 1 saturated heterocycles. The molecular weight excluding hydrogens is 292 g/mol. The predicted molar refractivity (Wildman–Crippen MR) is 91.0 cm³/mol. The van der Waals surface area contributed by atoms with Crippen LogP contribution in [-0.4, -0.2) is 62.1 Å². The molecule has 0 bridgehead atoms. The number of piperazine rings is 1. The highest BCUT2D eigenvalue weighted by Gasteiger charge is 2.19. The maximum Gasteiger partial charge on any atom is 0.260 e. The molecule has 1 aromatic carbocycles. The second-order valence-corrected chi connectivity index (χ2v) is 6.00. The minimum Gasteiger partial charge on any atom is -0.494 e. The van der Waals surface area contributed by atoms with Crippen LogP contribution in [0.15, 0.2) is 24.3 Å². The maximum atomic E-state index is 12.1. The topological polar surface area (TPSA) is 42.0 Å². The lowest BCUT2D eigenvalue weighted by Gasteiger charge is -2.32. The highest BCUT2D eigenvalue weighted by atomic mass is 16.5. The third-order valence-corrected chi connectivity index (χ3v) is 4.06. The van der Waals surface area contributed by atoms with Gasteiger partial charge in [-0.1, -0.05) is 19.8 Å². The van der Waals surface area contributed by atoms with Crippen LogP contribution in [0.3, 0.4) is 0 Å². The van der Waals surface area contributed by atoms with Crippen LogP contribution in [0.2, 0.25) is 0 Å². The first-order chi connectivity index (χ1) is 11.2. The van der Waals surface area contributed by atoms with Crippen molar-refractivity contribution in [1.82, 2.24) is 9.80 Å². The van der Waals surface area contributed by atoms with E-state index < -0.39 is 0 Å². The predicted octanol–water partition coefficient (Wildman–Crippen LogP) is 2.41. The van der Waals surface area contributed by atoms with Gasteiger partial charge in [0.2, 0.25) is 0 Å². The molecule has 0 aliphatic carbocycles. The number of rotatable bonds is 8. The van der Waals surface area contributed by atoms with Gasteiger partial charge in [0, 0.05) is 26.2 Å². The van der Waals surface area contributed by atoms with Gasteiger partial charge in [-0.15, -0.1) is 0 Å². The van der Waals surface area contributed by atoms with Crippen LogP contribution < -0.4 is 9.47 Å². The molecule has 1 heterocycles. The summed E-state index contributed by atoms with van der Waals surface area (Å²) in [6.45, 7) is 6.43. The van der Waals surface area contributed by atoms with Crippen LogP contribution in [-0.2, 0) is 4.79 Å². The molecule has 0 unspecified atom stereocenters. The normalized spacial score (nSPS) is 15.5. The first kappa shape index (κ1) is 17.6. The zero-order valence-electron chi connectivity index (χ0n) is 14.3. The fraction of sp³-hybridized carbons (Fsp3) is 0.611. The van der Waals surface area contributed by atoms with Crippen molar-refractivity contribution in [2.45, 2.75) is 26.2 Å². The van der Waals surface area contributed by atoms with E-state index in [1.165, 1.54) is 12.8 Å². The Hall–Kier alpha value is -1.75. The smallest absolute Gasteiger partial charge is 0.260 e. The van der Waals surface area contributed by atoms with Gasteiger partial charge in [-0.2, -0.15) is 0 Å². The summed E-state index contributed by atoms with van der Waals surface area (Å²) in [5.41, 5.74) is 0. The van der Waals surface area contributed by atoms with Gasteiger partial charge >= 0.3 is 0 Å². The second-order valence-electron chi connectivity index (χ2n) is 6.00. The van der Waals surface area contributed by atoms with Crippen molar-refractivity contribution in [2.24, 2.45) is 0 Å². The second kappa shape index (κ2) is 9.40. The van der Waals surface area contributed by atoms with E-state index in [2.05, 4.69) is 18.9 Å². The Labute approximate surface area is 139 Å². The molecule has 0 atom stereocenters. The molecular formula is C18H28N2O3. The number of carbonyl (C=O) groups is 1. The summed E-state index contributed by atoms with van der Waals surface area (Å²) >= 11 is 0. The van der Waals surface area contributed by atoms with E-state index >= 15 is 0 Å². The van der Waals surface area contributed by atoms with Crippen LogP contribution in [0.1, 0.15) is 26.2 Å². The Kier molecular flexibility index (Phi) is 7.20. The summed E-state index contributed by atoms with van der Waals surface area (Å²) < 4.78 is 11.2. The molecule has 0 aromatic heterocycles. The van der Waals surface area contributed by atoms with Crippen molar-refractivity contribution >= 4 is 5.91 Å². The van der Waals surface area contributed by atoms with Gasteiger partial charge in [0.25, 0.3) is 5.91 Å². The van der Waals surface area contributed by atoms with E-state index in [1.807, 2.05) is 29.2 Å². The number of hydrogen-bond acceptors (Lipinski definition) is 4. The van der Waals surface area contributed by atoms with Gasteiger partial charge < -0.3 is 19.3 Å². The maximum absolute atomic E-state index is 12.1. The molecule has 5 heteroatoms. The number of amides is 1. The Morgan fingerprint density at radius 3 is 2.22 bits per heavy atom. The summed E-state index contributed by atoms with van der Waals surface area (Å²) in [4.78, 5) is 16.2. The highest BCUT2D eigenvalue weighted by Crippen LogP contribution is 2.18. The van der Waals surface area contributed by atoms with Gasteiger partial charge in [-0.3, -0.25) is 4.79 Å². The minimum absolute atomic E-state index is 0.0537. The number of carbonyl (C=O) groups excluding carboxylic acids is 1. The molecule has 23 heavy (non-hydrogen) atoms. The average molecular weight is 320 g/mol. The summed E-state index contributed by atoms with van der Waals surface area (Å²) in [7, 11) is 2.07. The lowest BCUT2D eigenvalue weighted by atomic mass is 10.3. The molecule has 1 fully saturated rings. The Morgan fingerprint density at radius 1 is 1.00 bits per heavy atom. The molecule has 2 rings (SSSR count). The van der Waals surface area contributed by atoms with Crippen molar-refractivity contribution < 1.29 is 14.3 Å². The summed E-state index contributed by atoms with van der Waals surface area (Å²) in [5, 5.41) is 0. The van der Waals surface area contributed by atoms with Crippen molar-refractivity contribution in [3.05, 3.63) is 24.3 Å². The van der Waals surface area contributed by atoms with Crippen LogP contribution in [0.25, 0.3) is 0 Å². The number of unbranched alkanes of at least 4 members (excludes halogenated alkanes) is 2. The molecule has 1 aliphatic rings. The van der Waals surface area contributed by atoms with E-state index in [9.17, 15) is 4.79 Å². The molecule has 0 N–H and O–H groups in total. The van der Waals surface area contributed by atoms with Crippen LogP contribution in [0, 0.1) is 0 Å². The van der Waals surface area contributed by atoms with E-state index in [1.54, 1.807) is 0 Å². The monoisotopic (exact) mass is 320 g/mol. The van der Waals surface area contributed by atoms with E-state index in [0.717, 1.165) is 45.0 Å². The highest BCUT2D eigenvalue weighted by molar-refractivity contribution is 5.77. The largest absolute Gasteiger partial charge is 0.494 e. The molecule has 128 valence electrons. The van der Waals surface area contributed by atoms with Gasteiger partial charge in [-0.05, 0) is 37.7 Å². The fourth-order valence-corrected chi connectivity index (χ4v) is 2.47. The van der Waals surface area contributed by atoms with Crippen LogP contribution in [0.5, 0.6) is 11.5 Å². The number of benzene rings is 1. The first-order valence-electron chi connectivity index (χ1n) is 8.51. The van der Waals surface area contributed by atoms with Crippen molar-refractivity contribution in [2.75, 3.05) is 46.4 Å². The zero-order chi connectivity index (χ0) is 16.5. The van der Waals surface area contributed by atoms with Crippen LogP contribution >= 0.6 is 0 Å². The third-order valence-electron chi connectivity index (χ3n) is 4.06. The quantitative estimate of drug-likeness (QED) is 0.690. The van der Waals surface area contributed by atoms with Gasteiger partial charge in [0.05, 0.1) is 6.61 Å². The number of likely N-dealkylation sites (N-methyl/N-ethyl adjacent to an activating group) is 1. The Morgan fingerprint density at radius 2 is 1.61 bits per heavy atom. The zero-order valence-corrected chi connectivity index (χ0v) is 14.3. The van der Waals surface area contributed by atoms with E-state index in [0.29, 0.717) is 5.75 Å². The molecule has 0 radical (unpaired) electrons. The van der Waals surface area contributed by atoms with Gasteiger partial charge in [0.1, 0.15) is 11.5 Å². The van der Waals surface area contributed by atoms with E-state index in [-0.39, 0.29) is 12.5 Å². The summed E-state index contributed by atoms with van der Waals surface area (Å²) in [5.74, 6) is 1.60. The number of nitrogens with zero attached hydrogens (tertiary/aromatic N) is 2. The molecule has 0 saturated carbocycles. The van der Waals surface area contributed by atoms with Crippen LogP contribution in [0.4, 0.5) is 0 Å². The number of hydrogen-bond donors (Lipinski definition) is 0. The Bertz CT molecular complexity index is 468. The number of ether oxygens (including phenoxy) is 2. The summed E-state index contributed by atoms with van der Waals surface area (Å²) in [6, 6.07) is 7.49. The average Bonchev–Trinajstić information content (AvgIpc) is 2.58. The molecule has 1 aliphatic heterocycles. The molecule has 1 amide bonds. The lowest BCUT2D eigenvalue weighted by molar-refractivity contribution is -0.134. The van der Waals surface area contributed by atoms with Crippen molar-refractivity contribution in [1.29, 1.82) is 0 Å². The SMILES string of the molecule is CCCCCOc1ccc(OCC(=O)N2CCN(C)CC2)cc1. The van der Waals surface area contributed by atoms with E-state index in [4.69, 9.17) is 9.47 Å². The molecule has 1 aromatic rings.